The highest BCUT2D eigenvalue weighted by Gasteiger charge is 2.45. The van der Waals surface area contributed by atoms with E-state index in [9.17, 15) is 20.4 Å². The predicted molar refractivity (Wildman–Crippen MR) is 42.8 cm³/mol. The molecule has 0 aliphatic heterocycles. The van der Waals surface area contributed by atoms with Gasteiger partial charge in [-0.1, -0.05) is 6.92 Å². The third kappa shape index (κ3) is 1.45. The Morgan fingerprint density at radius 2 is 1.17 bits per heavy atom. The minimum Gasteiger partial charge on any atom is -0.390 e. The van der Waals surface area contributed by atoms with Crippen LogP contribution in [0.3, 0.4) is 0 Å². The summed E-state index contributed by atoms with van der Waals surface area (Å²) in [5.41, 5.74) is 0. The average molecular weight is 197 g/mol. The van der Waals surface area contributed by atoms with Crippen molar-refractivity contribution in [3.8, 4) is 0 Å². The van der Waals surface area contributed by atoms with Crippen LogP contribution in [0.1, 0.15) is 6.92 Å². The second-order valence-corrected chi connectivity index (χ2v) is 3.77. The minimum atomic E-state index is -1.18. The van der Waals surface area contributed by atoms with E-state index in [1.54, 1.807) is 6.92 Å². The first-order chi connectivity index (χ1) is 5.46. The fourth-order valence-corrected chi connectivity index (χ4v) is 1.70. The Balaban J connectivity index is 2.76. The number of hydrogen-bond acceptors (Lipinski definition) is 4. The van der Waals surface area contributed by atoms with Crippen molar-refractivity contribution in [1.29, 1.82) is 0 Å². The quantitative estimate of drug-likeness (QED) is 0.363. The molecule has 1 saturated carbocycles. The zero-order chi connectivity index (χ0) is 9.46. The number of rotatable bonds is 0. The molecule has 6 atom stereocenters. The molecule has 12 heavy (non-hydrogen) atoms. The number of alkyl halides is 1. The zero-order valence-corrected chi connectivity index (χ0v) is 7.39. The van der Waals surface area contributed by atoms with E-state index >= 15 is 0 Å². The summed E-state index contributed by atoms with van der Waals surface area (Å²) in [4.78, 5) is 0. The van der Waals surface area contributed by atoms with Crippen LogP contribution in [-0.4, -0.2) is 50.2 Å². The van der Waals surface area contributed by atoms with E-state index in [1.807, 2.05) is 0 Å². The lowest BCUT2D eigenvalue weighted by Crippen LogP contribution is -2.58. The van der Waals surface area contributed by atoms with E-state index in [1.165, 1.54) is 0 Å². The van der Waals surface area contributed by atoms with Gasteiger partial charge in [-0.05, 0) is 0 Å². The molecule has 0 spiro atoms. The van der Waals surface area contributed by atoms with Gasteiger partial charge in [0.2, 0.25) is 0 Å². The third-order valence-electron chi connectivity index (χ3n) is 2.43. The highest BCUT2D eigenvalue weighted by molar-refractivity contribution is 6.21. The smallest absolute Gasteiger partial charge is 0.0992 e. The Morgan fingerprint density at radius 1 is 0.833 bits per heavy atom. The summed E-state index contributed by atoms with van der Waals surface area (Å²) >= 11 is 5.55. The van der Waals surface area contributed by atoms with Crippen molar-refractivity contribution >= 4 is 11.6 Å². The van der Waals surface area contributed by atoms with Crippen LogP contribution in [0.25, 0.3) is 0 Å². The molecule has 4 N–H and O–H groups in total. The summed E-state index contributed by atoms with van der Waals surface area (Å²) in [7, 11) is 0. The molecule has 1 rings (SSSR count). The Hall–Kier alpha value is 0.130. The summed E-state index contributed by atoms with van der Waals surface area (Å²) < 4.78 is 0. The molecule has 0 aromatic heterocycles. The standard InChI is InChI=1S/C7H13ClO4/c1-2-4(9)6(11)3(8)7(12)5(2)10/h2-7,9-12H,1H3/t2?,3?,4-,5+,6-,7+. The van der Waals surface area contributed by atoms with Crippen LogP contribution in [-0.2, 0) is 0 Å². The molecule has 72 valence electrons. The number of hydrogen-bond donors (Lipinski definition) is 4. The molecule has 0 saturated heterocycles. The van der Waals surface area contributed by atoms with Gasteiger partial charge in [0.05, 0.1) is 29.8 Å². The average Bonchev–Trinajstić information content (AvgIpc) is 2.08. The van der Waals surface area contributed by atoms with Gasteiger partial charge in [0.1, 0.15) is 0 Å². The lowest BCUT2D eigenvalue weighted by Gasteiger charge is -2.40. The first-order valence-electron chi connectivity index (χ1n) is 3.83. The van der Waals surface area contributed by atoms with E-state index in [4.69, 9.17) is 11.6 Å². The summed E-state index contributed by atoms with van der Waals surface area (Å²) in [6, 6.07) is 0. The highest BCUT2D eigenvalue weighted by Crippen LogP contribution is 2.28. The lowest BCUT2D eigenvalue weighted by molar-refractivity contribution is -0.137. The molecule has 0 aromatic rings. The molecular formula is C7H13ClO4. The van der Waals surface area contributed by atoms with Gasteiger partial charge in [-0.3, -0.25) is 0 Å². The van der Waals surface area contributed by atoms with Gasteiger partial charge in [-0.15, -0.1) is 11.6 Å². The van der Waals surface area contributed by atoms with Crippen LogP contribution in [0.15, 0.2) is 0 Å². The van der Waals surface area contributed by atoms with Gasteiger partial charge in [0.25, 0.3) is 0 Å². The zero-order valence-electron chi connectivity index (χ0n) is 6.63. The summed E-state index contributed by atoms with van der Waals surface area (Å²) in [6.07, 6.45) is -4.52. The predicted octanol–water partition coefficient (Wildman–Crippen LogP) is -1.31. The molecule has 2 unspecified atom stereocenters. The maximum Gasteiger partial charge on any atom is 0.0992 e. The van der Waals surface area contributed by atoms with E-state index < -0.39 is 35.7 Å². The van der Waals surface area contributed by atoms with E-state index in [-0.39, 0.29) is 0 Å². The normalized spacial score (nSPS) is 55.5. The van der Waals surface area contributed by atoms with Gasteiger partial charge in [-0.2, -0.15) is 0 Å². The molecule has 0 amide bonds. The monoisotopic (exact) mass is 196 g/mol. The lowest BCUT2D eigenvalue weighted by atomic mass is 9.81. The van der Waals surface area contributed by atoms with Crippen molar-refractivity contribution in [2.75, 3.05) is 0 Å². The van der Waals surface area contributed by atoms with Gasteiger partial charge < -0.3 is 20.4 Å². The Morgan fingerprint density at radius 3 is 1.50 bits per heavy atom. The summed E-state index contributed by atoms with van der Waals surface area (Å²) in [6.45, 7) is 1.55. The molecule has 0 bridgehead atoms. The molecule has 0 aromatic carbocycles. The third-order valence-corrected chi connectivity index (χ3v) is 2.95. The maximum absolute atomic E-state index is 9.30. The Bertz CT molecular complexity index is 107. The van der Waals surface area contributed by atoms with Crippen LogP contribution in [0.2, 0.25) is 0 Å². The van der Waals surface area contributed by atoms with Gasteiger partial charge in [0.15, 0.2) is 0 Å². The molecule has 1 aliphatic carbocycles. The topological polar surface area (TPSA) is 80.9 Å². The fraction of sp³-hybridized carbons (Fsp3) is 1.00. The Kier molecular flexibility index (Phi) is 2.96. The van der Waals surface area contributed by atoms with Crippen molar-refractivity contribution in [3.63, 3.8) is 0 Å². The van der Waals surface area contributed by atoms with Crippen LogP contribution in [0, 0.1) is 5.92 Å². The molecule has 0 radical (unpaired) electrons. The van der Waals surface area contributed by atoms with Crippen molar-refractivity contribution in [2.24, 2.45) is 5.92 Å². The molecule has 5 heteroatoms. The molecule has 1 aliphatic rings. The number of halogens is 1. The molecule has 0 heterocycles. The first-order valence-corrected chi connectivity index (χ1v) is 4.26. The van der Waals surface area contributed by atoms with Crippen LogP contribution in [0.5, 0.6) is 0 Å². The van der Waals surface area contributed by atoms with E-state index in [2.05, 4.69) is 0 Å². The second kappa shape index (κ2) is 3.47. The van der Waals surface area contributed by atoms with Gasteiger partial charge in [0, 0.05) is 5.92 Å². The number of aliphatic hydroxyl groups excluding tert-OH is 4. The van der Waals surface area contributed by atoms with E-state index in [0.717, 1.165) is 0 Å². The van der Waals surface area contributed by atoms with Crippen LogP contribution < -0.4 is 0 Å². The molecule has 4 nitrogen and oxygen atoms in total. The maximum atomic E-state index is 9.30. The second-order valence-electron chi connectivity index (χ2n) is 3.27. The summed E-state index contributed by atoms with van der Waals surface area (Å²) in [5, 5.41) is 36.1. The largest absolute Gasteiger partial charge is 0.390 e. The van der Waals surface area contributed by atoms with Crippen molar-refractivity contribution in [2.45, 2.75) is 36.7 Å². The molecule has 1 fully saturated rings. The van der Waals surface area contributed by atoms with Gasteiger partial charge >= 0.3 is 0 Å². The fourth-order valence-electron chi connectivity index (χ4n) is 1.40. The van der Waals surface area contributed by atoms with Gasteiger partial charge in [-0.25, -0.2) is 0 Å². The van der Waals surface area contributed by atoms with Crippen molar-refractivity contribution in [3.05, 3.63) is 0 Å². The van der Waals surface area contributed by atoms with Crippen molar-refractivity contribution < 1.29 is 20.4 Å². The summed E-state index contributed by atoms with van der Waals surface area (Å²) in [5.74, 6) is -0.565. The van der Waals surface area contributed by atoms with Crippen LogP contribution >= 0.6 is 11.6 Å². The first kappa shape index (κ1) is 10.2. The molecular weight excluding hydrogens is 184 g/mol. The van der Waals surface area contributed by atoms with E-state index in [0.29, 0.717) is 0 Å². The number of aliphatic hydroxyl groups is 4. The minimum absolute atomic E-state index is 0.565. The SMILES string of the molecule is CC1[C@@H](O)[C@H](O)C(Cl)[C@H](O)[C@H]1O. The highest BCUT2D eigenvalue weighted by atomic mass is 35.5. The van der Waals surface area contributed by atoms with Crippen molar-refractivity contribution in [1.82, 2.24) is 0 Å². The Labute approximate surface area is 75.4 Å². The van der Waals surface area contributed by atoms with Crippen LogP contribution in [0.4, 0.5) is 0 Å².